The van der Waals surface area contributed by atoms with Gasteiger partial charge < -0.3 is 4.90 Å². The zero-order valence-corrected chi connectivity index (χ0v) is 13.8. The number of carbonyl (C=O) groups is 2. The molecule has 3 heterocycles. The topological polar surface area (TPSA) is 88.1 Å². The summed E-state index contributed by atoms with van der Waals surface area (Å²) in [4.78, 5) is 38.0. The van der Waals surface area contributed by atoms with Gasteiger partial charge in [-0.25, -0.2) is 9.97 Å². The Morgan fingerprint density at radius 1 is 1.21 bits per heavy atom. The van der Waals surface area contributed by atoms with Gasteiger partial charge in [0.15, 0.2) is 0 Å². The molecule has 0 bridgehead atoms. The number of hydrogen-bond acceptors (Lipinski definition) is 7. The molecule has 0 saturated carbocycles. The summed E-state index contributed by atoms with van der Waals surface area (Å²) >= 11 is 0.870. The van der Waals surface area contributed by atoms with Gasteiger partial charge in [-0.05, 0) is 36.0 Å². The van der Waals surface area contributed by atoms with Crippen molar-refractivity contribution < 1.29 is 9.59 Å². The van der Waals surface area contributed by atoms with Crippen molar-refractivity contribution in [3.05, 3.63) is 53.0 Å². The lowest BCUT2D eigenvalue weighted by molar-refractivity contribution is -0.115. The molecule has 0 radical (unpaired) electrons. The van der Waals surface area contributed by atoms with Crippen molar-refractivity contribution in [2.45, 2.75) is 6.42 Å². The summed E-state index contributed by atoms with van der Waals surface area (Å²) < 4.78 is 0. The lowest BCUT2D eigenvalue weighted by atomic mass is 10.2. The summed E-state index contributed by atoms with van der Waals surface area (Å²) in [5.74, 6) is 0.156. The fourth-order valence-electron chi connectivity index (χ4n) is 2.11. The maximum absolute atomic E-state index is 11.6. The van der Waals surface area contributed by atoms with Crippen LogP contribution < -0.4 is 10.2 Å². The van der Waals surface area contributed by atoms with Crippen LogP contribution in [-0.2, 0) is 11.2 Å². The molecule has 1 aliphatic heterocycles. The van der Waals surface area contributed by atoms with E-state index in [9.17, 15) is 9.59 Å². The van der Waals surface area contributed by atoms with Gasteiger partial charge in [-0.2, -0.15) is 0 Å². The van der Waals surface area contributed by atoms with Crippen molar-refractivity contribution >= 4 is 34.9 Å². The van der Waals surface area contributed by atoms with E-state index in [1.54, 1.807) is 24.5 Å². The Balaban J connectivity index is 1.69. The van der Waals surface area contributed by atoms with Gasteiger partial charge in [0.1, 0.15) is 0 Å². The molecule has 0 atom stereocenters. The van der Waals surface area contributed by atoms with E-state index in [4.69, 9.17) is 0 Å². The Morgan fingerprint density at radius 2 is 2.08 bits per heavy atom. The summed E-state index contributed by atoms with van der Waals surface area (Å²) in [6.07, 6.45) is 5.76. The minimum atomic E-state index is -0.395. The molecule has 3 rings (SSSR count). The first-order chi connectivity index (χ1) is 11.6. The van der Waals surface area contributed by atoms with Gasteiger partial charge in [-0.1, -0.05) is 6.07 Å². The fourth-order valence-corrected chi connectivity index (χ4v) is 2.78. The lowest BCUT2D eigenvalue weighted by Crippen LogP contribution is -2.23. The molecule has 1 fully saturated rings. The third-order valence-electron chi connectivity index (χ3n) is 3.36. The number of nitrogens with zero attached hydrogens (tertiary/aromatic N) is 4. The summed E-state index contributed by atoms with van der Waals surface area (Å²) in [6, 6.07) is 7.51. The highest BCUT2D eigenvalue weighted by atomic mass is 32.2. The molecule has 2 aromatic rings. The van der Waals surface area contributed by atoms with Crippen molar-refractivity contribution in [2.75, 3.05) is 18.5 Å². The maximum atomic E-state index is 11.6. The number of anilines is 1. The first kappa shape index (κ1) is 16.1. The summed E-state index contributed by atoms with van der Waals surface area (Å²) in [5.41, 5.74) is 1.58. The second kappa shape index (κ2) is 7.22. The third-order valence-corrected chi connectivity index (χ3v) is 4.17. The van der Waals surface area contributed by atoms with Crippen LogP contribution in [0.2, 0.25) is 0 Å². The van der Waals surface area contributed by atoms with Crippen molar-refractivity contribution in [2.24, 2.45) is 0 Å². The van der Waals surface area contributed by atoms with Crippen molar-refractivity contribution in [3.63, 3.8) is 0 Å². The lowest BCUT2D eigenvalue weighted by Gasteiger charge is -2.16. The highest BCUT2D eigenvalue weighted by molar-refractivity contribution is 8.18. The van der Waals surface area contributed by atoms with E-state index in [0.717, 1.165) is 23.9 Å². The number of amides is 2. The van der Waals surface area contributed by atoms with Crippen LogP contribution in [0.25, 0.3) is 6.08 Å². The van der Waals surface area contributed by atoms with Crippen LogP contribution in [0, 0.1) is 0 Å². The first-order valence-electron chi connectivity index (χ1n) is 7.31. The highest BCUT2D eigenvalue weighted by Gasteiger charge is 2.25. The normalized spacial score (nSPS) is 15.6. The Morgan fingerprint density at radius 3 is 2.79 bits per heavy atom. The van der Waals surface area contributed by atoms with Crippen molar-refractivity contribution in [1.82, 2.24) is 20.3 Å². The molecule has 7 nitrogen and oxygen atoms in total. The molecule has 1 aliphatic rings. The number of likely N-dealkylation sites (N-methyl/N-ethyl adjacent to an activating group) is 1. The highest BCUT2D eigenvalue weighted by Crippen LogP contribution is 2.25. The summed E-state index contributed by atoms with van der Waals surface area (Å²) in [5, 5.41) is 1.85. The minimum absolute atomic E-state index is 0.334. The number of nitrogens with one attached hydrogen (secondary N) is 1. The quantitative estimate of drug-likeness (QED) is 0.831. The van der Waals surface area contributed by atoms with E-state index in [0.29, 0.717) is 23.1 Å². The Kier molecular flexibility index (Phi) is 4.85. The fraction of sp³-hybridized carbons (Fsp3) is 0.188. The van der Waals surface area contributed by atoms with Crippen LogP contribution in [-0.4, -0.2) is 39.7 Å². The largest absolute Gasteiger partial charge is 0.343 e. The molecule has 24 heavy (non-hydrogen) atoms. The average Bonchev–Trinajstić information content (AvgIpc) is 2.91. The molecule has 0 aromatic carbocycles. The molecule has 2 amide bonds. The molecule has 1 N–H and O–H groups in total. The number of hydrogen-bond donors (Lipinski definition) is 1. The number of pyridine rings is 1. The summed E-state index contributed by atoms with van der Waals surface area (Å²) in [6.45, 7) is 0.713. The Hall–Kier alpha value is -2.74. The van der Waals surface area contributed by atoms with Gasteiger partial charge in [0, 0.05) is 38.1 Å². The monoisotopic (exact) mass is 341 g/mol. The molecule has 2 aromatic heterocycles. The molecule has 0 unspecified atom stereocenters. The second-order valence-corrected chi connectivity index (χ2v) is 6.14. The predicted molar refractivity (Wildman–Crippen MR) is 92.3 cm³/mol. The van der Waals surface area contributed by atoms with Gasteiger partial charge in [0.25, 0.3) is 11.1 Å². The number of rotatable bonds is 5. The second-order valence-electron chi connectivity index (χ2n) is 5.13. The summed E-state index contributed by atoms with van der Waals surface area (Å²) in [7, 11) is 1.90. The number of aromatic nitrogens is 3. The SMILES string of the molecule is CN(CCc1ccccn1)c1nccc(C=C2SC(=O)NC2=O)n1. The van der Waals surface area contributed by atoms with Crippen LogP contribution in [0.15, 0.2) is 41.6 Å². The van der Waals surface area contributed by atoms with E-state index in [1.165, 1.54) is 0 Å². The smallest absolute Gasteiger partial charge is 0.290 e. The Bertz CT molecular complexity index is 794. The van der Waals surface area contributed by atoms with Crippen LogP contribution in [0.3, 0.4) is 0 Å². The molecule has 0 aliphatic carbocycles. The van der Waals surface area contributed by atoms with Crippen molar-refractivity contribution in [3.8, 4) is 0 Å². The van der Waals surface area contributed by atoms with Gasteiger partial charge in [-0.15, -0.1) is 0 Å². The predicted octanol–water partition coefficient (Wildman–Crippen LogP) is 1.87. The molecular weight excluding hydrogens is 326 g/mol. The number of carbonyl (C=O) groups excluding carboxylic acids is 2. The molecule has 122 valence electrons. The standard InChI is InChI=1S/C16H15N5O2S/c1-21(9-6-11-4-2-3-7-17-11)15-18-8-5-12(19-15)10-13-14(22)20-16(23)24-13/h2-5,7-8,10H,6,9H2,1H3,(H,20,22,23). The van der Waals surface area contributed by atoms with Crippen LogP contribution in [0.4, 0.5) is 10.7 Å². The minimum Gasteiger partial charge on any atom is -0.343 e. The molecule has 0 spiro atoms. The molecular formula is C16H15N5O2S. The van der Waals surface area contributed by atoms with Gasteiger partial charge in [0.05, 0.1) is 10.6 Å². The van der Waals surface area contributed by atoms with E-state index in [1.807, 2.05) is 30.1 Å². The number of thioether (sulfide) groups is 1. The third kappa shape index (κ3) is 3.96. The van der Waals surface area contributed by atoms with E-state index < -0.39 is 5.91 Å². The van der Waals surface area contributed by atoms with Crippen molar-refractivity contribution in [1.29, 1.82) is 0 Å². The van der Waals surface area contributed by atoms with Crippen LogP contribution >= 0.6 is 11.8 Å². The zero-order chi connectivity index (χ0) is 16.9. The molecule has 1 saturated heterocycles. The van der Waals surface area contributed by atoms with E-state index >= 15 is 0 Å². The molecule has 8 heteroatoms. The van der Waals surface area contributed by atoms with E-state index in [2.05, 4.69) is 20.3 Å². The zero-order valence-electron chi connectivity index (χ0n) is 13.0. The number of imide groups is 1. The maximum Gasteiger partial charge on any atom is 0.290 e. The first-order valence-corrected chi connectivity index (χ1v) is 8.12. The van der Waals surface area contributed by atoms with Gasteiger partial charge >= 0.3 is 0 Å². The van der Waals surface area contributed by atoms with E-state index in [-0.39, 0.29) is 5.24 Å². The van der Waals surface area contributed by atoms with Crippen LogP contribution in [0.1, 0.15) is 11.4 Å². The average molecular weight is 341 g/mol. The Labute approximate surface area is 143 Å². The van der Waals surface area contributed by atoms with Gasteiger partial charge in [0.2, 0.25) is 5.95 Å². The van der Waals surface area contributed by atoms with Gasteiger partial charge in [-0.3, -0.25) is 19.9 Å². The van der Waals surface area contributed by atoms with Crippen LogP contribution in [0.5, 0.6) is 0 Å².